The number of hydrogen-bond acceptors (Lipinski definition) is 17. The predicted molar refractivity (Wildman–Crippen MR) is 254 cm³/mol. The van der Waals surface area contributed by atoms with E-state index in [9.17, 15) is 28.8 Å². The van der Waals surface area contributed by atoms with Crippen molar-refractivity contribution in [2.45, 2.75) is 80.1 Å². The van der Waals surface area contributed by atoms with E-state index in [0.29, 0.717) is 112 Å². The summed E-state index contributed by atoms with van der Waals surface area (Å²) in [5.74, 6) is -0.901. The number of carbonyl (C=O) groups is 6. The Bertz CT molecular complexity index is 1260. The first-order chi connectivity index (χ1) is 32.4. The molecule has 392 valence electrons. The van der Waals surface area contributed by atoms with Crippen LogP contribution in [0.2, 0.25) is 0 Å². The molecule has 0 aliphatic carbocycles. The van der Waals surface area contributed by atoms with Gasteiger partial charge in [-0.1, -0.05) is 40.0 Å². The second-order valence-corrected chi connectivity index (χ2v) is 15.8. The van der Waals surface area contributed by atoms with Crippen molar-refractivity contribution in [1.82, 2.24) is 35.6 Å². The van der Waals surface area contributed by atoms with Gasteiger partial charge in [0.25, 0.3) is 5.91 Å². The lowest BCUT2D eigenvalue weighted by Gasteiger charge is -2.34. The van der Waals surface area contributed by atoms with Crippen molar-refractivity contribution in [3.8, 4) is 0 Å². The first-order valence-electron chi connectivity index (χ1n) is 24.4. The van der Waals surface area contributed by atoms with E-state index in [4.69, 9.17) is 33.2 Å². The SMILES string of the molecule is CCCCOCCOCCNC(=O)CN1CCN(C(C)=O)CC1.CCCCOCCOCCNC(=O)CN1CCN(CCOC(C)=O)CC1.CCCCOCCOCCNC(=O)COC(C)=O. The van der Waals surface area contributed by atoms with Gasteiger partial charge in [-0.25, -0.2) is 0 Å². The third-order valence-corrected chi connectivity index (χ3v) is 9.88. The van der Waals surface area contributed by atoms with Gasteiger partial charge >= 0.3 is 11.9 Å². The molecule has 0 atom stereocenters. The Hall–Kier alpha value is -3.54. The lowest BCUT2D eigenvalue weighted by atomic mass is 10.3. The van der Waals surface area contributed by atoms with Gasteiger partial charge in [-0.05, 0) is 19.3 Å². The lowest BCUT2D eigenvalue weighted by molar-refractivity contribution is -0.146. The van der Waals surface area contributed by atoms with E-state index in [0.717, 1.165) is 104 Å². The van der Waals surface area contributed by atoms with Crippen LogP contribution in [-0.4, -0.2) is 239 Å². The molecule has 0 aromatic carbocycles. The van der Waals surface area contributed by atoms with Crippen LogP contribution in [0.4, 0.5) is 0 Å². The molecule has 0 aromatic rings. The third-order valence-electron chi connectivity index (χ3n) is 9.88. The highest BCUT2D eigenvalue weighted by Gasteiger charge is 2.21. The Morgan fingerprint density at radius 1 is 0.403 bits per heavy atom. The second kappa shape index (κ2) is 46.2. The number of nitrogens with zero attached hydrogens (tertiary/aromatic N) is 4. The molecule has 0 unspecified atom stereocenters. The number of hydrogen-bond donors (Lipinski definition) is 3. The van der Waals surface area contributed by atoms with Crippen molar-refractivity contribution in [3.63, 3.8) is 0 Å². The van der Waals surface area contributed by atoms with Gasteiger partial charge in [0.05, 0.1) is 72.6 Å². The summed E-state index contributed by atoms with van der Waals surface area (Å²) in [4.78, 5) is 75.5. The van der Waals surface area contributed by atoms with Crippen LogP contribution in [0.3, 0.4) is 0 Å². The molecule has 0 bridgehead atoms. The van der Waals surface area contributed by atoms with Crippen LogP contribution < -0.4 is 16.0 Å². The summed E-state index contributed by atoms with van der Waals surface area (Å²) in [6.07, 6.45) is 6.61. The second-order valence-electron chi connectivity index (χ2n) is 15.8. The number of amides is 4. The molecule has 2 heterocycles. The zero-order chi connectivity index (χ0) is 49.6. The van der Waals surface area contributed by atoms with E-state index in [1.807, 2.05) is 4.90 Å². The van der Waals surface area contributed by atoms with Gasteiger partial charge < -0.3 is 58.7 Å². The maximum atomic E-state index is 11.9. The molecule has 0 radical (unpaired) electrons. The fourth-order valence-corrected chi connectivity index (χ4v) is 5.94. The van der Waals surface area contributed by atoms with E-state index in [1.54, 1.807) is 6.92 Å². The first-order valence-corrected chi connectivity index (χ1v) is 24.4. The summed E-state index contributed by atoms with van der Waals surface area (Å²) < 4.78 is 41.6. The minimum Gasteiger partial charge on any atom is -0.465 e. The highest BCUT2D eigenvalue weighted by Crippen LogP contribution is 2.02. The summed E-state index contributed by atoms with van der Waals surface area (Å²) in [5.41, 5.74) is 0. The quantitative estimate of drug-likeness (QED) is 0.0581. The summed E-state index contributed by atoms with van der Waals surface area (Å²) >= 11 is 0. The molecule has 2 rings (SSSR count). The zero-order valence-electron chi connectivity index (χ0n) is 42.0. The molecule has 67 heavy (non-hydrogen) atoms. The van der Waals surface area contributed by atoms with E-state index >= 15 is 0 Å². The molecule has 2 saturated heterocycles. The maximum absolute atomic E-state index is 11.9. The summed E-state index contributed by atoms with van der Waals surface area (Å²) in [7, 11) is 0. The van der Waals surface area contributed by atoms with E-state index in [-0.39, 0.29) is 36.2 Å². The summed E-state index contributed by atoms with van der Waals surface area (Å²) in [5, 5.41) is 8.30. The largest absolute Gasteiger partial charge is 0.465 e. The average Bonchev–Trinajstić information content (AvgIpc) is 3.30. The molecule has 21 nitrogen and oxygen atoms in total. The molecule has 21 heteroatoms. The Morgan fingerprint density at radius 3 is 1.10 bits per heavy atom. The van der Waals surface area contributed by atoms with Crippen molar-refractivity contribution in [1.29, 1.82) is 0 Å². The Morgan fingerprint density at radius 2 is 0.746 bits per heavy atom. The van der Waals surface area contributed by atoms with Crippen molar-refractivity contribution in [2.75, 3.05) is 184 Å². The standard InChI is InChI=1S/C18H35N3O5.C16H31N3O4.C12H23NO5/c1-3-4-11-24-14-15-25-12-5-19-18(23)16-21-8-6-20(7-9-21)10-13-26-17(2)22;1-3-4-10-22-12-13-23-11-5-17-16(21)14-18-6-8-19(9-7-18)15(2)20;1-3-4-6-16-8-9-17-7-5-13-12(15)10-18-11(2)14/h3-16H2,1-2H3,(H,19,23);3-14H2,1-2H3,(H,17,21);3-10H2,1-2H3,(H,13,15). The van der Waals surface area contributed by atoms with E-state index < -0.39 is 5.97 Å². The Balaban J connectivity index is 0.000000993. The van der Waals surface area contributed by atoms with Crippen LogP contribution in [0.25, 0.3) is 0 Å². The highest BCUT2D eigenvalue weighted by atomic mass is 16.5. The topological polar surface area (TPSA) is 225 Å². The Labute approximate surface area is 401 Å². The van der Waals surface area contributed by atoms with Gasteiger partial charge in [0, 0.05) is 119 Å². The smallest absolute Gasteiger partial charge is 0.303 e. The normalized spacial score (nSPS) is 14.2. The minimum absolute atomic E-state index is 0.00377. The zero-order valence-corrected chi connectivity index (χ0v) is 42.0. The van der Waals surface area contributed by atoms with Crippen molar-refractivity contribution in [3.05, 3.63) is 0 Å². The van der Waals surface area contributed by atoms with Gasteiger partial charge in [0.2, 0.25) is 17.7 Å². The fourth-order valence-electron chi connectivity index (χ4n) is 5.94. The molecule has 4 amide bonds. The first kappa shape index (κ1) is 63.5. The van der Waals surface area contributed by atoms with Gasteiger partial charge in [0.1, 0.15) is 6.61 Å². The van der Waals surface area contributed by atoms with Crippen LogP contribution in [0.5, 0.6) is 0 Å². The van der Waals surface area contributed by atoms with Crippen LogP contribution in [0, 0.1) is 0 Å². The van der Waals surface area contributed by atoms with Gasteiger partial charge in [-0.3, -0.25) is 43.5 Å². The molecule has 2 fully saturated rings. The third kappa shape index (κ3) is 43.5. The molecular formula is C46H89N7O14. The monoisotopic (exact) mass is 964 g/mol. The number of piperazine rings is 2. The number of ether oxygens (including phenoxy) is 8. The number of nitrogens with one attached hydrogen (secondary N) is 3. The number of unbranched alkanes of at least 4 members (excludes halogenated alkanes) is 3. The predicted octanol–water partition coefficient (Wildman–Crippen LogP) is 0.716. The lowest BCUT2D eigenvalue weighted by Crippen LogP contribution is -2.50. The van der Waals surface area contributed by atoms with Gasteiger partial charge in [-0.2, -0.15) is 0 Å². The Kier molecular flexibility index (Phi) is 43.8. The van der Waals surface area contributed by atoms with Crippen LogP contribution >= 0.6 is 0 Å². The van der Waals surface area contributed by atoms with Crippen molar-refractivity contribution >= 4 is 35.6 Å². The molecule has 0 aromatic heterocycles. The number of esters is 2. The fraction of sp³-hybridized carbons (Fsp3) is 0.870. The molecule has 2 aliphatic heterocycles. The average molecular weight is 964 g/mol. The van der Waals surface area contributed by atoms with E-state index in [2.05, 4.69) is 56.2 Å². The molecule has 0 spiro atoms. The molecule has 0 saturated carbocycles. The van der Waals surface area contributed by atoms with E-state index in [1.165, 1.54) is 13.8 Å². The van der Waals surface area contributed by atoms with Gasteiger partial charge in [0.15, 0.2) is 6.61 Å². The van der Waals surface area contributed by atoms with Crippen molar-refractivity contribution in [2.24, 2.45) is 0 Å². The van der Waals surface area contributed by atoms with Crippen LogP contribution in [0.1, 0.15) is 80.1 Å². The molecule has 2 aliphatic rings. The van der Waals surface area contributed by atoms with Crippen molar-refractivity contribution < 1.29 is 66.7 Å². The van der Waals surface area contributed by atoms with Crippen LogP contribution in [0.15, 0.2) is 0 Å². The van der Waals surface area contributed by atoms with Crippen LogP contribution in [-0.2, 0) is 66.7 Å². The minimum atomic E-state index is -0.467. The summed E-state index contributed by atoms with van der Waals surface area (Å²) in [6, 6.07) is 0. The molecule has 3 N–H and O–H groups in total. The summed E-state index contributed by atoms with van der Waals surface area (Å²) in [6.45, 7) is 27.3. The number of carbonyl (C=O) groups excluding carboxylic acids is 6. The van der Waals surface area contributed by atoms with Gasteiger partial charge in [-0.15, -0.1) is 0 Å². The highest BCUT2D eigenvalue weighted by molar-refractivity contribution is 5.80. The number of rotatable bonds is 36. The molecular weight excluding hydrogens is 875 g/mol. The maximum Gasteiger partial charge on any atom is 0.303 e.